The van der Waals surface area contributed by atoms with Crippen LogP contribution < -0.4 is 5.32 Å². The van der Waals surface area contributed by atoms with Gasteiger partial charge in [0.25, 0.3) is 0 Å². The molecule has 4 rings (SSSR count). The molecular formula is C19H18ClN3OS2. The molecule has 1 atom stereocenters. The zero-order valence-corrected chi connectivity index (χ0v) is 16.7. The highest BCUT2D eigenvalue weighted by molar-refractivity contribution is 8.00. The molecule has 1 amide bonds. The van der Waals surface area contributed by atoms with Crippen LogP contribution in [0, 0.1) is 0 Å². The van der Waals surface area contributed by atoms with Crippen molar-refractivity contribution in [3.63, 3.8) is 0 Å². The van der Waals surface area contributed by atoms with Crippen molar-refractivity contribution in [2.75, 3.05) is 5.75 Å². The average molecular weight is 404 g/mol. The molecule has 3 aromatic rings. The molecule has 0 spiro atoms. The second kappa shape index (κ2) is 7.55. The number of carbonyl (C=O) groups excluding carboxylic acids is 1. The minimum atomic E-state index is -0.132. The number of amides is 1. The maximum atomic E-state index is 12.4. The smallest absolute Gasteiger partial charge is 0.230 e. The molecule has 4 nitrogen and oxygen atoms in total. The van der Waals surface area contributed by atoms with E-state index in [1.54, 1.807) is 17.7 Å². The van der Waals surface area contributed by atoms with E-state index in [2.05, 4.69) is 15.3 Å². The number of carbonyl (C=O) groups is 1. The van der Waals surface area contributed by atoms with Gasteiger partial charge in [-0.25, -0.2) is 9.97 Å². The van der Waals surface area contributed by atoms with E-state index in [0.717, 1.165) is 33.6 Å². The zero-order chi connectivity index (χ0) is 18.1. The minimum absolute atomic E-state index is 0.0268. The van der Waals surface area contributed by atoms with Crippen LogP contribution in [-0.4, -0.2) is 21.6 Å². The van der Waals surface area contributed by atoms with Gasteiger partial charge >= 0.3 is 0 Å². The summed E-state index contributed by atoms with van der Waals surface area (Å²) in [5.41, 5.74) is 2.31. The molecule has 1 N–H and O–H groups in total. The first-order chi connectivity index (χ1) is 12.6. The Morgan fingerprint density at radius 3 is 3.04 bits per heavy atom. The van der Waals surface area contributed by atoms with Crippen molar-refractivity contribution in [1.29, 1.82) is 0 Å². The van der Waals surface area contributed by atoms with Crippen LogP contribution >= 0.6 is 34.7 Å². The normalized spacial score (nSPS) is 14.4. The summed E-state index contributed by atoms with van der Waals surface area (Å²) in [6.07, 6.45) is 5.02. The first kappa shape index (κ1) is 17.8. The number of nitrogens with zero attached hydrogens (tertiary/aromatic N) is 2. The Balaban J connectivity index is 1.45. The van der Waals surface area contributed by atoms with Crippen LogP contribution in [0.5, 0.6) is 0 Å². The molecule has 0 saturated carbocycles. The topological polar surface area (TPSA) is 54.9 Å². The van der Waals surface area contributed by atoms with Crippen LogP contribution in [0.15, 0.2) is 35.6 Å². The number of nitrogens with one attached hydrogen (secondary N) is 1. The van der Waals surface area contributed by atoms with Crippen LogP contribution in [0.1, 0.15) is 35.4 Å². The fraction of sp³-hybridized carbons (Fsp3) is 0.316. The van der Waals surface area contributed by atoms with Gasteiger partial charge in [-0.2, -0.15) is 0 Å². The third-order valence-corrected chi connectivity index (χ3v) is 7.09. The van der Waals surface area contributed by atoms with Crippen LogP contribution in [0.3, 0.4) is 0 Å². The molecule has 7 heteroatoms. The summed E-state index contributed by atoms with van der Waals surface area (Å²) in [7, 11) is 0. The van der Waals surface area contributed by atoms with E-state index in [0.29, 0.717) is 10.8 Å². The third-order valence-electron chi connectivity index (χ3n) is 4.56. The van der Waals surface area contributed by atoms with Gasteiger partial charge in [0.15, 0.2) is 0 Å². The van der Waals surface area contributed by atoms with Gasteiger partial charge in [-0.15, -0.1) is 11.3 Å². The monoisotopic (exact) mass is 403 g/mol. The van der Waals surface area contributed by atoms with E-state index in [9.17, 15) is 4.79 Å². The largest absolute Gasteiger partial charge is 0.349 e. The second-order valence-electron chi connectivity index (χ2n) is 6.32. The van der Waals surface area contributed by atoms with E-state index in [4.69, 9.17) is 11.6 Å². The second-order valence-corrected chi connectivity index (χ2v) is 8.77. The molecule has 0 fully saturated rings. The van der Waals surface area contributed by atoms with Crippen molar-refractivity contribution in [2.24, 2.45) is 0 Å². The number of aryl methyl sites for hydroxylation is 2. The molecule has 0 radical (unpaired) electrons. The molecule has 1 aromatic carbocycles. The molecule has 0 aliphatic heterocycles. The van der Waals surface area contributed by atoms with Crippen molar-refractivity contribution in [2.45, 2.75) is 37.3 Å². The fourth-order valence-corrected chi connectivity index (χ4v) is 5.76. The van der Waals surface area contributed by atoms with E-state index >= 15 is 0 Å². The molecular weight excluding hydrogens is 386 g/mol. The van der Waals surface area contributed by atoms with E-state index < -0.39 is 0 Å². The highest BCUT2D eigenvalue weighted by atomic mass is 35.5. The van der Waals surface area contributed by atoms with Gasteiger partial charge in [-0.1, -0.05) is 41.6 Å². The fourth-order valence-electron chi connectivity index (χ4n) is 3.33. The van der Waals surface area contributed by atoms with Crippen molar-refractivity contribution in [3.05, 3.63) is 51.6 Å². The quantitative estimate of drug-likeness (QED) is 0.491. The van der Waals surface area contributed by atoms with E-state index in [1.165, 1.54) is 28.6 Å². The molecule has 0 saturated heterocycles. The van der Waals surface area contributed by atoms with Crippen molar-refractivity contribution in [1.82, 2.24) is 15.3 Å². The van der Waals surface area contributed by atoms with Crippen molar-refractivity contribution >= 4 is 50.8 Å². The summed E-state index contributed by atoms with van der Waals surface area (Å²) in [4.78, 5) is 23.7. The number of hydrogen-bond acceptors (Lipinski definition) is 5. The predicted molar refractivity (Wildman–Crippen MR) is 108 cm³/mol. The Bertz CT molecular complexity index is 973. The van der Waals surface area contributed by atoms with Gasteiger partial charge in [0.2, 0.25) is 5.91 Å². The average Bonchev–Trinajstić information content (AvgIpc) is 3.21. The molecule has 0 bridgehead atoms. The molecule has 1 aliphatic carbocycles. The molecule has 2 heterocycles. The lowest BCUT2D eigenvalue weighted by Crippen LogP contribution is -2.28. The molecule has 2 aromatic heterocycles. The molecule has 1 aliphatic rings. The number of benzene rings is 1. The Hall–Kier alpha value is -1.63. The maximum Gasteiger partial charge on any atom is 0.230 e. The lowest BCUT2D eigenvalue weighted by molar-refractivity contribution is -0.119. The Kier molecular flexibility index (Phi) is 5.16. The van der Waals surface area contributed by atoms with Crippen LogP contribution in [0.2, 0.25) is 5.02 Å². The lowest BCUT2D eigenvalue weighted by Gasteiger charge is -2.15. The standard InChI is InChI=1S/C19H18ClN3OS2/c1-11(12-5-2-3-7-14(12)20)23-16(24)9-25-18-17-13-6-4-8-15(13)26-19(17)22-10-21-18/h2-3,5,7,10-11H,4,6,8-9H2,1H3,(H,23,24). The zero-order valence-electron chi connectivity index (χ0n) is 14.3. The number of fused-ring (bicyclic) bond motifs is 3. The van der Waals surface area contributed by atoms with Gasteiger partial charge in [-0.05, 0) is 43.4 Å². The van der Waals surface area contributed by atoms with Crippen molar-refractivity contribution < 1.29 is 4.79 Å². The predicted octanol–water partition coefficient (Wildman–Crippen LogP) is 4.80. The van der Waals surface area contributed by atoms with Crippen LogP contribution in [0.25, 0.3) is 10.2 Å². The Labute approximate surface area is 165 Å². The lowest BCUT2D eigenvalue weighted by atomic mass is 10.1. The SMILES string of the molecule is CC(NC(=O)CSc1ncnc2sc3c(c12)CCC3)c1ccccc1Cl. The first-order valence-corrected chi connectivity index (χ1v) is 10.7. The van der Waals surface area contributed by atoms with Crippen molar-refractivity contribution in [3.8, 4) is 0 Å². The van der Waals surface area contributed by atoms with E-state index in [-0.39, 0.29) is 11.9 Å². The number of hydrogen-bond donors (Lipinski definition) is 1. The van der Waals surface area contributed by atoms with Crippen LogP contribution in [-0.2, 0) is 17.6 Å². The number of thiophene rings is 1. The van der Waals surface area contributed by atoms with E-state index in [1.807, 2.05) is 31.2 Å². The number of aromatic nitrogens is 2. The van der Waals surface area contributed by atoms with Gasteiger partial charge in [-0.3, -0.25) is 4.79 Å². The highest BCUT2D eigenvalue weighted by Crippen LogP contribution is 2.40. The minimum Gasteiger partial charge on any atom is -0.349 e. The summed E-state index contributed by atoms with van der Waals surface area (Å²) >= 11 is 9.46. The summed E-state index contributed by atoms with van der Waals surface area (Å²) in [6.45, 7) is 1.94. The van der Waals surface area contributed by atoms with Gasteiger partial charge in [0.1, 0.15) is 16.2 Å². The molecule has 134 valence electrons. The summed E-state index contributed by atoms with van der Waals surface area (Å²) in [5, 5.41) is 5.75. The van der Waals surface area contributed by atoms with Gasteiger partial charge < -0.3 is 5.32 Å². The first-order valence-electron chi connectivity index (χ1n) is 8.55. The Morgan fingerprint density at radius 1 is 1.35 bits per heavy atom. The highest BCUT2D eigenvalue weighted by Gasteiger charge is 2.22. The summed E-state index contributed by atoms with van der Waals surface area (Å²) in [5.74, 6) is 0.298. The molecule has 26 heavy (non-hydrogen) atoms. The summed E-state index contributed by atoms with van der Waals surface area (Å²) in [6, 6.07) is 7.45. The molecule has 1 unspecified atom stereocenters. The maximum absolute atomic E-state index is 12.4. The Morgan fingerprint density at radius 2 is 2.19 bits per heavy atom. The number of rotatable bonds is 5. The summed E-state index contributed by atoms with van der Waals surface area (Å²) < 4.78 is 0. The third kappa shape index (κ3) is 3.46. The van der Waals surface area contributed by atoms with Gasteiger partial charge in [0, 0.05) is 15.3 Å². The van der Waals surface area contributed by atoms with Gasteiger partial charge in [0.05, 0.1) is 11.8 Å². The number of halogens is 1. The number of thioether (sulfide) groups is 1. The van der Waals surface area contributed by atoms with Crippen LogP contribution in [0.4, 0.5) is 0 Å².